The fourth-order valence-corrected chi connectivity index (χ4v) is 1.73. The number of rotatable bonds is 3. The molecule has 0 unspecified atom stereocenters. The van der Waals surface area contributed by atoms with Crippen molar-refractivity contribution in [2.75, 3.05) is 0 Å². The molecule has 0 saturated heterocycles. The molecule has 3 nitrogen and oxygen atoms in total. The molecule has 0 aliphatic heterocycles. The van der Waals surface area contributed by atoms with Crippen molar-refractivity contribution in [2.45, 2.75) is 32.7 Å². The summed E-state index contributed by atoms with van der Waals surface area (Å²) < 4.78 is 5.59. The van der Waals surface area contributed by atoms with Crippen LogP contribution in [0, 0.1) is 0 Å². The van der Waals surface area contributed by atoms with Crippen molar-refractivity contribution >= 4 is 5.91 Å². The molecule has 0 spiro atoms. The summed E-state index contributed by atoms with van der Waals surface area (Å²) in [5.74, 6) is 0.998. The number of carbonyl (C=O) groups excluding carboxylic acids is 1. The highest BCUT2D eigenvalue weighted by Crippen LogP contribution is 2.24. The van der Waals surface area contributed by atoms with Crippen LogP contribution in [-0.4, -0.2) is 5.91 Å². The molecule has 1 amide bonds. The molecule has 2 rings (SSSR count). The van der Waals surface area contributed by atoms with Crippen molar-refractivity contribution in [3.63, 3.8) is 0 Å². The average molecular weight is 257 g/mol. The fourth-order valence-electron chi connectivity index (χ4n) is 1.73. The van der Waals surface area contributed by atoms with Gasteiger partial charge in [0.1, 0.15) is 5.76 Å². The van der Waals surface area contributed by atoms with E-state index in [1.807, 2.05) is 36.4 Å². The van der Waals surface area contributed by atoms with Crippen LogP contribution in [0.3, 0.4) is 0 Å². The lowest BCUT2D eigenvalue weighted by atomic mass is 9.94. The van der Waals surface area contributed by atoms with Crippen molar-refractivity contribution in [2.24, 2.45) is 0 Å². The van der Waals surface area contributed by atoms with E-state index in [0.29, 0.717) is 12.3 Å². The highest BCUT2D eigenvalue weighted by Gasteiger charge is 2.20. The Morgan fingerprint density at radius 1 is 1.11 bits per heavy atom. The second-order valence-corrected chi connectivity index (χ2v) is 5.58. The maximum Gasteiger partial charge on any atom is 0.287 e. The zero-order chi connectivity index (χ0) is 13.9. The van der Waals surface area contributed by atoms with Gasteiger partial charge in [0.15, 0.2) is 5.76 Å². The van der Waals surface area contributed by atoms with Gasteiger partial charge in [-0.1, -0.05) is 51.1 Å². The Morgan fingerprint density at radius 2 is 1.79 bits per heavy atom. The Kier molecular flexibility index (Phi) is 3.74. The third kappa shape index (κ3) is 3.47. The van der Waals surface area contributed by atoms with E-state index in [2.05, 4.69) is 26.1 Å². The lowest BCUT2D eigenvalue weighted by molar-refractivity contribution is 0.0919. The van der Waals surface area contributed by atoms with E-state index in [-0.39, 0.29) is 11.3 Å². The molecule has 1 aromatic heterocycles. The van der Waals surface area contributed by atoms with Gasteiger partial charge in [0.2, 0.25) is 0 Å². The molecule has 1 heterocycles. The number of nitrogens with one attached hydrogen (secondary N) is 1. The van der Waals surface area contributed by atoms with E-state index in [1.54, 1.807) is 6.07 Å². The molecule has 0 atom stereocenters. The lowest BCUT2D eigenvalue weighted by Gasteiger charge is -2.14. The smallest absolute Gasteiger partial charge is 0.287 e. The quantitative estimate of drug-likeness (QED) is 0.914. The van der Waals surface area contributed by atoms with Gasteiger partial charge in [0.05, 0.1) is 0 Å². The SMILES string of the molecule is CC(C)(C)c1ccc(C(=O)NCc2ccccc2)o1. The summed E-state index contributed by atoms with van der Waals surface area (Å²) in [6, 6.07) is 13.4. The van der Waals surface area contributed by atoms with Crippen molar-refractivity contribution in [1.82, 2.24) is 5.32 Å². The Morgan fingerprint density at radius 3 is 2.37 bits per heavy atom. The van der Waals surface area contributed by atoms with E-state index in [1.165, 1.54) is 0 Å². The van der Waals surface area contributed by atoms with Crippen LogP contribution in [0.4, 0.5) is 0 Å². The van der Waals surface area contributed by atoms with E-state index >= 15 is 0 Å². The first kappa shape index (κ1) is 13.4. The third-order valence-electron chi connectivity index (χ3n) is 2.86. The maximum absolute atomic E-state index is 12.0. The maximum atomic E-state index is 12.0. The highest BCUT2D eigenvalue weighted by atomic mass is 16.4. The van der Waals surface area contributed by atoms with Crippen LogP contribution in [0.5, 0.6) is 0 Å². The molecule has 19 heavy (non-hydrogen) atoms. The van der Waals surface area contributed by atoms with Gasteiger partial charge >= 0.3 is 0 Å². The van der Waals surface area contributed by atoms with E-state index in [4.69, 9.17) is 4.42 Å². The summed E-state index contributed by atoms with van der Waals surface area (Å²) in [5.41, 5.74) is 0.983. The predicted octanol–water partition coefficient (Wildman–Crippen LogP) is 3.51. The zero-order valence-electron chi connectivity index (χ0n) is 11.6. The molecule has 0 aliphatic carbocycles. The number of furan rings is 1. The van der Waals surface area contributed by atoms with E-state index in [9.17, 15) is 4.79 Å². The minimum Gasteiger partial charge on any atom is -0.455 e. The topological polar surface area (TPSA) is 42.2 Å². The van der Waals surface area contributed by atoms with Crippen LogP contribution < -0.4 is 5.32 Å². The number of amides is 1. The Bertz CT molecular complexity index is 550. The van der Waals surface area contributed by atoms with Gasteiger partial charge in [-0.05, 0) is 17.7 Å². The van der Waals surface area contributed by atoms with Crippen molar-refractivity contribution in [3.8, 4) is 0 Å². The first-order valence-corrected chi connectivity index (χ1v) is 6.39. The molecule has 3 heteroatoms. The first-order valence-electron chi connectivity index (χ1n) is 6.39. The van der Waals surface area contributed by atoms with Gasteiger partial charge < -0.3 is 9.73 Å². The molecular weight excluding hydrogens is 238 g/mol. The van der Waals surface area contributed by atoms with Crippen LogP contribution in [0.2, 0.25) is 0 Å². The summed E-state index contributed by atoms with van der Waals surface area (Å²) in [4.78, 5) is 12.0. The summed E-state index contributed by atoms with van der Waals surface area (Å²) in [6.07, 6.45) is 0. The molecule has 0 fully saturated rings. The van der Waals surface area contributed by atoms with Crippen molar-refractivity contribution in [1.29, 1.82) is 0 Å². The van der Waals surface area contributed by atoms with Crippen LogP contribution in [0.15, 0.2) is 46.9 Å². The lowest BCUT2D eigenvalue weighted by Crippen LogP contribution is -2.22. The molecule has 0 radical (unpaired) electrons. The molecule has 1 aromatic carbocycles. The average Bonchev–Trinajstić information content (AvgIpc) is 2.87. The zero-order valence-corrected chi connectivity index (χ0v) is 11.6. The van der Waals surface area contributed by atoms with Gasteiger partial charge in [0, 0.05) is 12.0 Å². The van der Waals surface area contributed by atoms with E-state index < -0.39 is 0 Å². The molecule has 0 aliphatic rings. The molecule has 2 aromatic rings. The van der Waals surface area contributed by atoms with Crippen LogP contribution in [0.1, 0.15) is 42.6 Å². The Balaban J connectivity index is 1.99. The summed E-state index contributed by atoms with van der Waals surface area (Å²) in [7, 11) is 0. The Hall–Kier alpha value is -2.03. The minimum absolute atomic E-state index is 0.0854. The first-order chi connectivity index (χ1) is 8.97. The monoisotopic (exact) mass is 257 g/mol. The van der Waals surface area contributed by atoms with Crippen molar-refractivity contribution in [3.05, 3.63) is 59.5 Å². The van der Waals surface area contributed by atoms with Gasteiger partial charge in [-0.15, -0.1) is 0 Å². The molecule has 1 N–H and O–H groups in total. The Labute approximate surface area is 113 Å². The summed E-state index contributed by atoms with van der Waals surface area (Å²) in [5, 5.41) is 2.85. The standard InChI is InChI=1S/C16H19NO2/c1-16(2,3)14-10-9-13(19-14)15(18)17-11-12-7-5-4-6-8-12/h4-10H,11H2,1-3H3,(H,17,18). The second-order valence-electron chi connectivity index (χ2n) is 5.58. The number of benzene rings is 1. The van der Waals surface area contributed by atoms with Crippen LogP contribution in [-0.2, 0) is 12.0 Å². The van der Waals surface area contributed by atoms with Gasteiger partial charge in [0.25, 0.3) is 5.91 Å². The van der Waals surface area contributed by atoms with Crippen LogP contribution in [0.25, 0.3) is 0 Å². The number of carbonyl (C=O) groups is 1. The molecule has 100 valence electrons. The van der Waals surface area contributed by atoms with Gasteiger partial charge in [-0.2, -0.15) is 0 Å². The van der Waals surface area contributed by atoms with Gasteiger partial charge in [-0.3, -0.25) is 4.79 Å². The molecule has 0 saturated carbocycles. The second kappa shape index (κ2) is 5.31. The van der Waals surface area contributed by atoms with E-state index in [0.717, 1.165) is 11.3 Å². The molecular formula is C16H19NO2. The van der Waals surface area contributed by atoms with Gasteiger partial charge in [-0.25, -0.2) is 0 Å². The predicted molar refractivity (Wildman–Crippen MR) is 75.0 cm³/mol. The largest absolute Gasteiger partial charge is 0.455 e. The number of hydrogen-bond donors (Lipinski definition) is 1. The highest BCUT2D eigenvalue weighted by molar-refractivity contribution is 5.91. The normalized spacial score (nSPS) is 11.3. The minimum atomic E-state index is -0.181. The summed E-state index contributed by atoms with van der Waals surface area (Å²) >= 11 is 0. The van der Waals surface area contributed by atoms with Crippen LogP contribution >= 0.6 is 0 Å². The van der Waals surface area contributed by atoms with Crippen molar-refractivity contribution < 1.29 is 9.21 Å². The fraction of sp³-hybridized carbons (Fsp3) is 0.312. The number of hydrogen-bond acceptors (Lipinski definition) is 2. The summed E-state index contributed by atoms with van der Waals surface area (Å²) in [6.45, 7) is 6.66. The third-order valence-corrected chi connectivity index (χ3v) is 2.86. The molecule has 0 bridgehead atoms.